The summed E-state index contributed by atoms with van der Waals surface area (Å²) in [5.41, 5.74) is 5.53. The Bertz CT molecular complexity index is 503. The Hall–Kier alpha value is -1.68. The fourth-order valence-corrected chi connectivity index (χ4v) is 2.19. The van der Waals surface area contributed by atoms with Crippen LogP contribution in [0.5, 0.6) is 0 Å². The Balaban J connectivity index is 2.61. The first-order valence-electron chi connectivity index (χ1n) is 5.47. The van der Waals surface area contributed by atoms with Crippen LogP contribution in [0.25, 0.3) is 11.6 Å². The molecule has 77 valence electrons. The molecule has 16 heavy (non-hydrogen) atoms. The lowest BCUT2D eigenvalue weighted by atomic mass is 9.71. The lowest BCUT2D eigenvalue weighted by Crippen LogP contribution is -2.12. The van der Waals surface area contributed by atoms with Crippen LogP contribution in [0.3, 0.4) is 0 Å². The first kappa shape index (κ1) is 10.8. The zero-order valence-corrected chi connectivity index (χ0v) is 9.59. The Morgan fingerprint density at radius 3 is 3.00 bits per heavy atom. The monoisotopic (exact) mass is 205 g/mol. The van der Waals surface area contributed by atoms with Crippen molar-refractivity contribution in [3.05, 3.63) is 42.0 Å². The van der Waals surface area contributed by atoms with E-state index in [9.17, 15) is 0 Å². The third kappa shape index (κ3) is 1.61. The van der Waals surface area contributed by atoms with E-state index in [-0.39, 0.29) is 0 Å². The second-order valence-corrected chi connectivity index (χ2v) is 4.24. The summed E-state index contributed by atoms with van der Waals surface area (Å²) in [6, 6.07) is 4.33. The van der Waals surface area contributed by atoms with E-state index in [4.69, 9.17) is 6.42 Å². The minimum Gasteiger partial charge on any atom is -0.115 e. The molecule has 1 unspecified atom stereocenters. The van der Waals surface area contributed by atoms with Gasteiger partial charge in [-0.2, -0.15) is 0 Å². The minimum atomic E-state index is 0.599. The van der Waals surface area contributed by atoms with Gasteiger partial charge in [0, 0.05) is 5.57 Å². The number of hydrogen-bond donors (Lipinski definition) is 0. The average molecular weight is 205 g/mol. The summed E-state index contributed by atoms with van der Waals surface area (Å²) in [5.74, 6) is 3.20. The van der Waals surface area contributed by atoms with E-state index in [2.05, 4.69) is 45.4 Å². The van der Waals surface area contributed by atoms with E-state index in [0.29, 0.717) is 5.92 Å². The average Bonchev–Trinajstić information content (AvgIpc) is 2.68. The van der Waals surface area contributed by atoms with Crippen molar-refractivity contribution in [1.29, 1.82) is 0 Å². The zero-order valence-electron chi connectivity index (χ0n) is 9.59. The summed E-state index contributed by atoms with van der Waals surface area (Å²) in [4.78, 5) is 0. The SMILES string of the molecule is C#CC(=C)c1cc2c(cc1C=C)C(C)C[B]2. The number of rotatable bonds is 2. The molecule has 0 bridgehead atoms. The van der Waals surface area contributed by atoms with Gasteiger partial charge in [-0.05, 0) is 17.0 Å². The van der Waals surface area contributed by atoms with Crippen molar-refractivity contribution >= 4 is 24.4 Å². The van der Waals surface area contributed by atoms with Crippen LogP contribution in [-0.4, -0.2) is 7.28 Å². The molecular weight excluding hydrogens is 191 g/mol. The van der Waals surface area contributed by atoms with Gasteiger partial charge in [-0.1, -0.05) is 61.6 Å². The second kappa shape index (κ2) is 4.06. The zero-order chi connectivity index (χ0) is 11.7. The second-order valence-electron chi connectivity index (χ2n) is 4.24. The predicted molar refractivity (Wildman–Crippen MR) is 73.0 cm³/mol. The molecule has 0 spiro atoms. The van der Waals surface area contributed by atoms with Crippen molar-refractivity contribution in [2.75, 3.05) is 0 Å². The van der Waals surface area contributed by atoms with E-state index in [1.807, 2.05) is 6.08 Å². The van der Waals surface area contributed by atoms with Crippen molar-refractivity contribution in [2.24, 2.45) is 0 Å². The Morgan fingerprint density at radius 1 is 1.62 bits per heavy atom. The van der Waals surface area contributed by atoms with Gasteiger partial charge in [0.2, 0.25) is 0 Å². The lowest BCUT2D eigenvalue weighted by Gasteiger charge is -2.11. The first-order valence-corrected chi connectivity index (χ1v) is 5.47. The van der Waals surface area contributed by atoms with Gasteiger partial charge in [-0.25, -0.2) is 0 Å². The molecule has 2 rings (SSSR count). The topological polar surface area (TPSA) is 0 Å². The van der Waals surface area contributed by atoms with E-state index >= 15 is 0 Å². The van der Waals surface area contributed by atoms with Crippen LogP contribution in [0, 0.1) is 12.3 Å². The standard InChI is InChI=1S/C15H14B/c1-5-10(3)13-8-15-14(7-12(13)6-2)11(4)9-16-15/h1,6-8,11H,2-3,9H2,4H3. The highest BCUT2D eigenvalue weighted by Gasteiger charge is 2.21. The fourth-order valence-electron chi connectivity index (χ4n) is 2.19. The Kier molecular flexibility index (Phi) is 2.75. The third-order valence-electron chi connectivity index (χ3n) is 3.20. The molecule has 0 saturated heterocycles. The van der Waals surface area contributed by atoms with Crippen LogP contribution in [-0.2, 0) is 0 Å². The van der Waals surface area contributed by atoms with Crippen LogP contribution in [0.15, 0.2) is 25.3 Å². The van der Waals surface area contributed by atoms with Gasteiger partial charge in [-0.15, -0.1) is 6.42 Å². The number of benzene rings is 1. The largest absolute Gasteiger partial charge is 0.152 e. The van der Waals surface area contributed by atoms with Crippen LogP contribution >= 0.6 is 0 Å². The maximum atomic E-state index is 5.41. The molecule has 1 aliphatic rings. The molecule has 0 amide bonds. The molecule has 1 aromatic rings. The molecular formula is C15H14B. The summed E-state index contributed by atoms with van der Waals surface area (Å²) in [7, 11) is 2.26. The molecule has 0 N–H and O–H groups in total. The fraction of sp³-hybridized carbons (Fsp3) is 0.200. The van der Waals surface area contributed by atoms with E-state index < -0.39 is 0 Å². The molecule has 0 aliphatic carbocycles. The predicted octanol–water partition coefficient (Wildman–Crippen LogP) is 2.84. The van der Waals surface area contributed by atoms with Gasteiger partial charge in [0.05, 0.1) is 0 Å². The molecule has 1 heterocycles. The van der Waals surface area contributed by atoms with Gasteiger partial charge < -0.3 is 0 Å². The molecule has 1 aliphatic heterocycles. The van der Waals surface area contributed by atoms with Gasteiger partial charge in [0.1, 0.15) is 0 Å². The summed E-state index contributed by atoms with van der Waals surface area (Å²) >= 11 is 0. The van der Waals surface area contributed by atoms with Gasteiger partial charge in [0.15, 0.2) is 7.28 Å². The Labute approximate surface area is 98.3 Å². The molecule has 1 radical (unpaired) electrons. The van der Waals surface area contributed by atoms with Crippen molar-refractivity contribution < 1.29 is 0 Å². The molecule has 1 aromatic carbocycles. The maximum Gasteiger partial charge on any atom is 0.152 e. The van der Waals surface area contributed by atoms with Gasteiger partial charge >= 0.3 is 0 Å². The number of fused-ring (bicyclic) bond motifs is 1. The minimum absolute atomic E-state index is 0.599. The van der Waals surface area contributed by atoms with E-state index in [0.717, 1.165) is 23.0 Å². The molecule has 1 heteroatoms. The Morgan fingerprint density at radius 2 is 2.38 bits per heavy atom. The summed E-state index contributed by atoms with van der Waals surface area (Å²) in [6.07, 6.45) is 8.37. The summed E-state index contributed by atoms with van der Waals surface area (Å²) in [5, 5.41) is 0. The highest BCUT2D eigenvalue weighted by molar-refractivity contribution is 6.56. The number of hydrogen-bond acceptors (Lipinski definition) is 0. The van der Waals surface area contributed by atoms with Crippen molar-refractivity contribution in [3.8, 4) is 12.3 Å². The normalized spacial score (nSPS) is 17.1. The first-order chi connectivity index (χ1) is 7.67. The van der Waals surface area contributed by atoms with Gasteiger partial charge in [0.25, 0.3) is 0 Å². The molecule has 1 atom stereocenters. The highest BCUT2D eigenvalue weighted by atomic mass is 14.2. The van der Waals surface area contributed by atoms with E-state index in [1.54, 1.807) is 0 Å². The van der Waals surface area contributed by atoms with Crippen LogP contribution < -0.4 is 5.46 Å². The number of allylic oxidation sites excluding steroid dienone is 1. The van der Waals surface area contributed by atoms with E-state index in [1.165, 1.54) is 11.0 Å². The van der Waals surface area contributed by atoms with Crippen molar-refractivity contribution in [2.45, 2.75) is 19.2 Å². The highest BCUT2D eigenvalue weighted by Crippen LogP contribution is 2.28. The molecule has 0 nitrogen and oxygen atoms in total. The van der Waals surface area contributed by atoms with Crippen molar-refractivity contribution in [3.63, 3.8) is 0 Å². The molecule has 0 aromatic heterocycles. The van der Waals surface area contributed by atoms with Crippen LogP contribution in [0.4, 0.5) is 0 Å². The quantitative estimate of drug-likeness (QED) is 0.514. The molecule has 0 fully saturated rings. The van der Waals surface area contributed by atoms with Crippen LogP contribution in [0.2, 0.25) is 6.32 Å². The lowest BCUT2D eigenvalue weighted by molar-refractivity contribution is 0.885. The smallest absolute Gasteiger partial charge is 0.115 e. The maximum absolute atomic E-state index is 5.41. The van der Waals surface area contributed by atoms with Crippen LogP contribution in [0.1, 0.15) is 29.5 Å². The molecule has 0 saturated carbocycles. The third-order valence-corrected chi connectivity index (χ3v) is 3.20. The van der Waals surface area contributed by atoms with Crippen molar-refractivity contribution in [1.82, 2.24) is 0 Å². The summed E-state index contributed by atoms with van der Waals surface area (Å²) in [6.45, 7) is 9.98. The number of terminal acetylenes is 1. The summed E-state index contributed by atoms with van der Waals surface area (Å²) < 4.78 is 0. The van der Waals surface area contributed by atoms with Gasteiger partial charge in [-0.3, -0.25) is 0 Å².